The summed E-state index contributed by atoms with van der Waals surface area (Å²) in [7, 11) is 0. The minimum absolute atomic E-state index is 0.0335. The molecule has 1 unspecified atom stereocenters. The van der Waals surface area contributed by atoms with Gasteiger partial charge < -0.3 is 14.9 Å². The van der Waals surface area contributed by atoms with Gasteiger partial charge in [-0.05, 0) is 142 Å². The van der Waals surface area contributed by atoms with E-state index in [0.717, 1.165) is 37.5 Å². The van der Waals surface area contributed by atoms with E-state index in [4.69, 9.17) is 4.74 Å². The Hall–Kier alpha value is -0.870. The number of carbonyl (C=O) groups excluding carboxylic acids is 1. The molecule has 0 saturated heterocycles. The number of hydrogen-bond donors (Lipinski definition) is 2. The van der Waals surface area contributed by atoms with E-state index in [-0.39, 0.29) is 29.3 Å². The standard InChI is InChI=1S/C52H92O4/c1-10-11-12-13-14-15-16-17-18-19-20-21-22-23-24-39(53)25-26-40(54)37-46(55)56-45-31-33-50(7)43(48(45,4)5)30-34-52(9)44(50)28-27-42-47-41(38(2)3)29-32-49(47,6)35-36-51(42,52)8/h39-45,47,53-54H,2,10-37H2,1,3-9H3/t39-,40?,41+,42-,43+,44-,45+,47-,49-,50+,51-,52-/m1/s1. The van der Waals surface area contributed by atoms with Crippen molar-refractivity contribution in [2.24, 2.45) is 56.7 Å². The summed E-state index contributed by atoms with van der Waals surface area (Å²) >= 11 is 0. The van der Waals surface area contributed by atoms with E-state index in [1.165, 1.54) is 140 Å². The largest absolute Gasteiger partial charge is 0.462 e. The molecule has 5 aliphatic carbocycles. The van der Waals surface area contributed by atoms with Crippen LogP contribution in [-0.2, 0) is 9.53 Å². The summed E-state index contributed by atoms with van der Waals surface area (Å²) in [4.78, 5) is 13.3. The van der Waals surface area contributed by atoms with Crippen LogP contribution >= 0.6 is 0 Å². The molecule has 0 aromatic carbocycles. The summed E-state index contributed by atoms with van der Waals surface area (Å²) in [5.74, 6) is 3.26. The van der Waals surface area contributed by atoms with Crippen LogP contribution in [0, 0.1) is 56.7 Å². The number of esters is 1. The molecule has 2 N–H and O–H groups in total. The molecule has 0 radical (unpaired) electrons. The molecule has 0 heterocycles. The van der Waals surface area contributed by atoms with Gasteiger partial charge in [-0.3, -0.25) is 4.79 Å². The second-order valence-electron chi connectivity index (χ2n) is 22.7. The van der Waals surface area contributed by atoms with Gasteiger partial charge in [-0.25, -0.2) is 0 Å². The lowest BCUT2D eigenvalue weighted by atomic mass is 9.32. The molecular formula is C52H92O4. The topological polar surface area (TPSA) is 66.8 Å². The molecule has 5 aliphatic rings. The quantitative estimate of drug-likeness (QED) is 0.0652. The number of ether oxygens (including phenoxy) is 1. The van der Waals surface area contributed by atoms with Gasteiger partial charge in [0, 0.05) is 5.41 Å². The van der Waals surface area contributed by atoms with Crippen molar-refractivity contribution in [3.05, 3.63) is 12.2 Å². The zero-order valence-electron chi connectivity index (χ0n) is 38.3. The molecule has 0 aromatic heterocycles. The van der Waals surface area contributed by atoms with E-state index in [1.807, 2.05) is 0 Å². The number of aliphatic hydroxyl groups is 2. The van der Waals surface area contributed by atoms with E-state index >= 15 is 0 Å². The summed E-state index contributed by atoms with van der Waals surface area (Å²) in [5, 5.41) is 21.5. The first-order chi connectivity index (χ1) is 26.5. The molecule has 0 aromatic rings. The Labute approximate surface area is 346 Å². The highest BCUT2D eigenvalue weighted by atomic mass is 16.5. The zero-order valence-corrected chi connectivity index (χ0v) is 38.3. The Morgan fingerprint density at radius 3 is 1.84 bits per heavy atom. The van der Waals surface area contributed by atoms with E-state index < -0.39 is 12.2 Å². The Morgan fingerprint density at radius 1 is 0.643 bits per heavy atom. The Morgan fingerprint density at radius 2 is 1.23 bits per heavy atom. The molecule has 0 spiro atoms. The van der Waals surface area contributed by atoms with Crippen LogP contribution < -0.4 is 0 Å². The maximum atomic E-state index is 13.3. The van der Waals surface area contributed by atoms with Crippen LogP contribution in [0.2, 0.25) is 0 Å². The Kier molecular flexibility index (Phi) is 16.2. The first-order valence-corrected chi connectivity index (χ1v) is 24.7. The van der Waals surface area contributed by atoms with Gasteiger partial charge in [0.05, 0.1) is 18.6 Å². The lowest BCUT2D eigenvalue weighted by molar-refractivity contribution is -0.249. The number of carbonyl (C=O) groups is 1. The smallest absolute Gasteiger partial charge is 0.308 e. The Balaban J connectivity index is 1.02. The van der Waals surface area contributed by atoms with Gasteiger partial charge >= 0.3 is 5.97 Å². The van der Waals surface area contributed by atoms with E-state index in [1.54, 1.807) is 0 Å². The molecule has 4 heteroatoms. The fourth-order valence-electron chi connectivity index (χ4n) is 15.3. The van der Waals surface area contributed by atoms with Crippen LogP contribution in [0.5, 0.6) is 0 Å². The summed E-state index contributed by atoms with van der Waals surface area (Å²) in [6.45, 7) is 24.6. The zero-order chi connectivity index (χ0) is 40.8. The van der Waals surface area contributed by atoms with Crippen molar-refractivity contribution >= 4 is 5.97 Å². The maximum Gasteiger partial charge on any atom is 0.308 e. The van der Waals surface area contributed by atoms with E-state index in [9.17, 15) is 15.0 Å². The van der Waals surface area contributed by atoms with Crippen LogP contribution in [0.1, 0.15) is 235 Å². The number of allylic oxidation sites excluding steroid dienone is 1. The molecule has 5 fully saturated rings. The predicted octanol–water partition coefficient (Wildman–Crippen LogP) is 14.3. The van der Waals surface area contributed by atoms with Gasteiger partial charge in [0.15, 0.2) is 0 Å². The predicted molar refractivity (Wildman–Crippen MR) is 235 cm³/mol. The normalized spacial score (nSPS) is 38.5. The third kappa shape index (κ3) is 9.84. The van der Waals surface area contributed by atoms with Gasteiger partial charge in [0.2, 0.25) is 0 Å². The average molecular weight is 781 g/mol. The molecule has 324 valence electrons. The molecule has 5 rings (SSSR count). The first kappa shape index (κ1) is 46.2. The maximum absolute atomic E-state index is 13.3. The van der Waals surface area contributed by atoms with Crippen molar-refractivity contribution in [1.29, 1.82) is 0 Å². The second kappa shape index (κ2) is 19.7. The van der Waals surface area contributed by atoms with Crippen LogP contribution in [0.3, 0.4) is 0 Å². The minimum Gasteiger partial charge on any atom is -0.462 e. The Bertz CT molecular complexity index is 1260. The first-order valence-electron chi connectivity index (χ1n) is 24.7. The van der Waals surface area contributed by atoms with Gasteiger partial charge in [-0.15, -0.1) is 0 Å². The highest BCUT2D eigenvalue weighted by Gasteiger charge is 2.70. The molecule has 4 nitrogen and oxygen atoms in total. The van der Waals surface area contributed by atoms with Crippen molar-refractivity contribution in [2.75, 3.05) is 0 Å². The fraction of sp³-hybridized carbons (Fsp3) is 0.942. The molecule has 0 amide bonds. The number of unbranched alkanes of at least 4 members (excludes halogenated alkanes) is 13. The van der Waals surface area contributed by atoms with Crippen molar-refractivity contribution < 1.29 is 19.7 Å². The number of rotatable bonds is 22. The van der Waals surface area contributed by atoms with E-state index in [2.05, 4.69) is 62.0 Å². The monoisotopic (exact) mass is 781 g/mol. The molecule has 12 atom stereocenters. The third-order valence-corrected chi connectivity index (χ3v) is 18.8. The highest BCUT2D eigenvalue weighted by Crippen LogP contribution is 2.77. The SMILES string of the molecule is C=C(C)[C@@H]1CC[C@]2(C)CC[C@]3(C)[C@H](CC[C@@H]4[C@@]5(C)CC[C@H](OC(=O)CC(O)CC[C@H](O)CCCCCCCCCCCCCCCC)C(C)(C)[C@@H]5CC[C@]43C)[C@@H]12. The van der Waals surface area contributed by atoms with Crippen molar-refractivity contribution in [3.63, 3.8) is 0 Å². The van der Waals surface area contributed by atoms with Gasteiger partial charge in [0.1, 0.15) is 6.10 Å². The van der Waals surface area contributed by atoms with Crippen molar-refractivity contribution in [1.82, 2.24) is 0 Å². The molecule has 0 bridgehead atoms. The van der Waals surface area contributed by atoms with Crippen LogP contribution in [0.4, 0.5) is 0 Å². The van der Waals surface area contributed by atoms with Crippen LogP contribution in [0.25, 0.3) is 0 Å². The molecule has 56 heavy (non-hydrogen) atoms. The molecular weight excluding hydrogens is 689 g/mol. The third-order valence-electron chi connectivity index (χ3n) is 18.8. The van der Waals surface area contributed by atoms with Crippen LogP contribution in [-0.4, -0.2) is 34.5 Å². The van der Waals surface area contributed by atoms with Crippen molar-refractivity contribution in [2.45, 2.75) is 253 Å². The minimum atomic E-state index is -0.751. The number of fused-ring (bicyclic) bond motifs is 7. The van der Waals surface area contributed by atoms with Gasteiger partial charge in [-0.1, -0.05) is 151 Å². The summed E-state index contributed by atoms with van der Waals surface area (Å²) in [6.07, 6.45) is 32.0. The van der Waals surface area contributed by atoms with Crippen molar-refractivity contribution in [3.8, 4) is 0 Å². The fourth-order valence-corrected chi connectivity index (χ4v) is 15.3. The number of hydrogen-bond acceptors (Lipinski definition) is 4. The average Bonchev–Trinajstić information content (AvgIpc) is 3.50. The summed E-state index contributed by atoms with van der Waals surface area (Å²) < 4.78 is 6.32. The lowest BCUT2D eigenvalue weighted by Gasteiger charge is -2.73. The van der Waals surface area contributed by atoms with Gasteiger partial charge in [0.25, 0.3) is 0 Å². The van der Waals surface area contributed by atoms with Crippen LogP contribution in [0.15, 0.2) is 12.2 Å². The van der Waals surface area contributed by atoms with Gasteiger partial charge in [-0.2, -0.15) is 0 Å². The second-order valence-corrected chi connectivity index (χ2v) is 22.7. The molecule has 0 aliphatic heterocycles. The van der Waals surface area contributed by atoms with E-state index in [0.29, 0.717) is 46.8 Å². The molecule has 5 saturated carbocycles. The highest BCUT2D eigenvalue weighted by molar-refractivity contribution is 5.70. The lowest BCUT2D eigenvalue weighted by Crippen LogP contribution is -2.66. The summed E-state index contributed by atoms with van der Waals surface area (Å²) in [5.41, 5.74) is 2.78. The number of aliphatic hydroxyl groups excluding tert-OH is 2. The summed E-state index contributed by atoms with van der Waals surface area (Å²) in [6, 6.07) is 0.